The van der Waals surface area contributed by atoms with Crippen LogP contribution in [0.3, 0.4) is 0 Å². The molecule has 1 aromatic carbocycles. The lowest BCUT2D eigenvalue weighted by Crippen LogP contribution is -2.44. The Labute approximate surface area is 170 Å². The maximum Gasteiger partial charge on any atom is 0.419 e. The van der Waals surface area contributed by atoms with Gasteiger partial charge in [-0.3, -0.25) is 4.79 Å². The van der Waals surface area contributed by atoms with Gasteiger partial charge >= 0.3 is 6.18 Å². The van der Waals surface area contributed by atoms with Crippen LogP contribution in [0.5, 0.6) is 0 Å². The highest BCUT2D eigenvalue weighted by Gasteiger charge is 2.37. The Balaban J connectivity index is 1.71. The normalized spacial score (nSPS) is 18.4. The molecule has 2 aromatic rings. The van der Waals surface area contributed by atoms with Crippen molar-refractivity contribution in [3.63, 3.8) is 0 Å². The SMILES string of the molecule is CC(NC(=O)C1CCCN(c2ncccc2C(F)(F)F)C1)c1ccc(F)c(Cl)c1. The van der Waals surface area contributed by atoms with Crippen LogP contribution in [0.1, 0.15) is 36.9 Å². The Bertz CT molecular complexity index is 890. The quantitative estimate of drug-likeness (QED) is 0.697. The van der Waals surface area contributed by atoms with Crippen molar-refractivity contribution in [2.24, 2.45) is 5.92 Å². The fraction of sp³-hybridized carbons (Fsp3) is 0.400. The van der Waals surface area contributed by atoms with Gasteiger partial charge in [-0.1, -0.05) is 17.7 Å². The van der Waals surface area contributed by atoms with Crippen LogP contribution < -0.4 is 10.2 Å². The number of hydrogen-bond acceptors (Lipinski definition) is 3. The van der Waals surface area contributed by atoms with Gasteiger partial charge in [0, 0.05) is 19.3 Å². The standard InChI is InChI=1S/C20H20ClF4N3O/c1-12(13-6-7-17(22)16(21)10-13)27-19(29)14-4-3-9-28(11-14)18-15(20(23,24)25)5-2-8-26-18/h2,5-8,10,12,14H,3-4,9,11H2,1H3,(H,27,29). The topological polar surface area (TPSA) is 45.2 Å². The molecule has 2 heterocycles. The third-order valence-corrected chi connectivity index (χ3v) is 5.28. The van der Waals surface area contributed by atoms with E-state index in [2.05, 4.69) is 10.3 Å². The molecular formula is C20H20ClF4N3O. The monoisotopic (exact) mass is 429 g/mol. The molecule has 1 aliphatic rings. The highest BCUT2D eigenvalue weighted by Crippen LogP contribution is 2.36. The maximum atomic E-state index is 13.3. The lowest BCUT2D eigenvalue weighted by molar-refractivity contribution is -0.137. The Hall–Kier alpha value is -2.35. The van der Waals surface area contributed by atoms with Crippen LogP contribution in [0.4, 0.5) is 23.4 Å². The molecule has 0 spiro atoms. The molecule has 1 fully saturated rings. The smallest absolute Gasteiger partial charge is 0.355 e. The van der Waals surface area contributed by atoms with Gasteiger partial charge in [-0.25, -0.2) is 9.37 Å². The van der Waals surface area contributed by atoms with Gasteiger partial charge < -0.3 is 10.2 Å². The van der Waals surface area contributed by atoms with E-state index < -0.39 is 29.5 Å². The number of nitrogens with zero attached hydrogens (tertiary/aromatic N) is 2. The summed E-state index contributed by atoms with van der Waals surface area (Å²) in [5.74, 6) is -1.46. The van der Waals surface area contributed by atoms with Crippen LogP contribution >= 0.6 is 11.6 Å². The fourth-order valence-electron chi connectivity index (χ4n) is 3.45. The average Bonchev–Trinajstić information content (AvgIpc) is 2.69. The Kier molecular flexibility index (Phi) is 6.31. The van der Waals surface area contributed by atoms with E-state index in [-0.39, 0.29) is 23.3 Å². The summed E-state index contributed by atoms with van der Waals surface area (Å²) < 4.78 is 53.2. The molecule has 9 heteroatoms. The van der Waals surface area contributed by atoms with Gasteiger partial charge in [0.2, 0.25) is 5.91 Å². The van der Waals surface area contributed by atoms with Gasteiger partial charge in [0.05, 0.1) is 22.5 Å². The summed E-state index contributed by atoms with van der Waals surface area (Å²) >= 11 is 5.79. The summed E-state index contributed by atoms with van der Waals surface area (Å²) in [5.41, 5.74) is -0.170. The van der Waals surface area contributed by atoms with Gasteiger partial charge in [0.15, 0.2) is 0 Å². The van der Waals surface area contributed by atoms with E-state index in [0.29, 0.717) is 24.9 Å². The van der Waals surface area contributed by atoms with Crippen LogP contribution in [-0.4, -0.2) is 24.0 Å². The molecule has 156 valence electrons. The zero-order chi connectivity index (χ0) is 21.2. The summed E-state index contributed by atoms with van der Waals surface area (Å²) in [5, 5.41) is 2.80. The lowest BCUT2D eigenvalue weighted by Gasteiger charge is -2.34. The average molecular weight is 430 g/mol. The minimum Gasteiger partial charge on any atom is -0.355 e. The minimum absolute atomic E-state index is 0.0396. The first kappa shape index (κ1) is 21.4. The van der Waals surface area contributed by atoms with E-state index in [1.165, 1.54) is 35.4 Å². The van der Waals surface area contributed by atoms with E-state index in [0.717, 1.165) is 6.07 Å². The number of amides is 1. The number of benzene rings is 1. The zero-order valence-electron chi connectivity index (χ0n) is 15.6. The molecule has 1 aromatic heterocycles. The number of halogens is 5. The second-order valence-corrected chi connectivity index (χ2v) is 7.47. The first-order valence-corrected chi connectivity index (χ1v) is 9.57. The maximum absolute atomic E-state index is 13.3. The molecule has 29 heavy (non-hydrogen) atoms. The number of nitrogens with one attached hydrogen (secondary N) is 1. The number of piperidine rings is 1. The predicted octanol–water partition coefficient (Wildman–Crippen LogP) is 4.99. The van der Waals surface area contributed by atoms with Gasteiger partial charge in [0.25, 0.3) is 0 Å². The summed E-state index contributed by atoms with van der Waals surface area (Å²) in [7, 11) is 0. The second-order valence-electron chi connectivity index (χ2n) is 7.06. The van der Waals surface area contributed by atoms with Crippen molar-refractivity contribution in [1.29, 1.82) is 0 Å². The Morgan fingerprint density at radius 1 is 1.34 bits per heavy atom. The summed E-state index contributed by atoms with van der Waals surface area (Å²) in [6, 6.07) is 6.02. The van der Waals surface area contributed by atoms with E-state index in [1.807, 2.05) is 0 Å². The van der Waals surface area contributed by atoms with Gasteiger partial charge in [-0.2, -0.15) is 13.2 Å². The first-order valence-electron chi connectivity index (χ1n) is 9.19. The van der Waals surface area contributed by atoms with E-state index in [4.69, 9.17) is 11.6 Å². The lowest BCUT2D eigenvalue weighted by atomic mass is 9.96. The summed E-state index contributed by atoms with van der Waals surface area (Å²) in [6.45, 7) is 2.28. The number of rotatable bonds is 4. The van der Waals surface area contributed by atoms with E-state index in [9.17, 15) is 22.4 Å². The van der Waals surface area contributed by atoms with E-state index >= 15 is 0 Å². The molecule has 2 atom stereocenters. The largest absolute Gasteiger partial charge is 0.419 e. The Morgan fingerprint density at radius 2 is 2.10 bits per heavy atom. The third-order valence-electron chi connectivity index (χ3n) is 4.99. The van der Waals surface area contributed by atoms with Crippen LogP contribution in [-0.2, 0) is 11.0 Å². The fourth-order valence-corrected chi connectivity index (χ4v) is 3.64. The molecule has 1 N–H and O–H groups in total. The molecule has 0 radical (unpaired) electrons. The second kappa shape index (κ2) is 8.57. The number of hydrogen-bond donors (Lipinski definition) is 1. The van der Waals surface area contributed by atoms with Gasteiger partial charge in [0.1, 0.15) is 11.6 Å². The number of carbonyl (C=O) groups is 1. The van der Waals surface area contributed by atoms with Crippen molar-refractivity contribution in [2.45, 2.75) is 32.0 Å². The van der Waals surface area contributed by atoms with Crippen molar-refractivity contribution in [2.75, 3.05) is 18.0 Å². The van der Waals surface area contributed by atoms with Crippen LogP contribution in [0.25, 0.3) is 0 Å². The molecule has 0 saturated carbocycles. The highest BCUT2D eigenvalue weighted by atomic mass is 35.5. The predicted molar refractivity (Wildman–Crippen MR) is 102 cm³/mol. The van der Waals surface area contributed by atoms with Crippen molar-refractivity contribution in [3.8, 4) is 0 Å². The number of pyridine rings is 1. The van der Waals surface area contributed by atoms with Crippen molar-refractivity contribution in [3.05, 3.63) is 58.5 Å². The third kappa shape index (κ3) is 4.98. The van der Waals surface area contributed by atoms with Crippen LogP contribution in [0, 0.1) is 11.7 Å². The zero-order valence-corrected chi connectivity index (χ0v) is 16.4. The Morgan fingerprint density at radius 3 is 2.79 bits per heavy atom. The molecule has 4 nitrogen and oxygen atoms in total. The summed E-state index contributed by atoms with van der Waals surface area (Å²) in [6.07, 6.45) is -2.07. The molecule has 1 amide bonds. The summed E-state index contributed by atoms with van der Waals surface area (Å²) in [4.78, 5) is 18.1. The number of alkyl halides is 3. The van der Waals surface area contributed by atoms with Crippen LogP contribution in [0.2, 0.25) is 5.02 Å². The van der Waals surface area contributed by atoms with Gasteiger partial charge in [-0.05, 0) is 49.6 Å². The first-order chi connectivity index (χ1) is 13.7. The molecule has 3 rings (SSSR count). The molecule has 2 unspecified atom stereocenters. The molecular weight excluding hydrogens is 410 g/mol. The number of carbonyl (C=O) groups excluding carboxylic acids is 1. The van der Waals surface area contributed by atoms with Crippen molar-refractivity contribution < 1.29 is 22.4 Å². The number of anilines is 1. The van der Waals surface area contributed by atoms with Crippen molar-refractivity contribution in [1.82, 2.24) is 10.3 Å². The van der Waals surface area contributed by atoms with E-state index in [1.54, 1.807) is 6.92 Å². The molecule has 1 saturated heterocycles. The van der Waals surface area contributed by atoms with Crippen LogP contribution in [0.15, 0.2) is 36.5 Å². The number of aromatic nitrogens is 1. The van der Waals surface area contributed by atoms with Crippen molar-refractivity contribution >= 4 is 23.3 Å². The van der Waals surface area contributed by atoms with Gasteiger partial charge in [-0.15, -0.1) is 0 Å². The molecule has 1 aliphatic heterocycles. The highest BCUT2D eigenvalue weighted by molar-refractivity contribution is 6.30. The molecule has 0 bridgehead atoms. The minimum atomic E-state index is -4.52. The molecule has 0 aliphatic carbocycles.